The van der Waals surface area contributed by atoms with Gasteiger partial charge in [0.15, 0.2) is 5.82 Å². The SMILES string of the molecule is CC(C)c1c(N)noc1C1CCC(C(F)(F)F)CC1. The van der Waals surface area contributed by atoms with E-state index in [4.69, 9.17) is 10.3 Å². The fraction of sp³-hybridized carbons (Fsp3) is 0.769. The molecule has 0 saturated heterocycles. The molecule has 0 amide bonds. The molecule has 0 spiro atoms. The first-order valence-electron chi connectivity index (χ1n) is 6.62. The smallest absolute Gasteiger partial charge is 0.381 e. The lowest BCUT2D eigenvalue weighted by molar-refractivity contribution is -0.182. The predicted molar refractivity (Wildman–Crippen MR) is 65.8 cm³/mol. The molecule has 1 aliphatic carbocycles. The first-order valence-corrected chi connectivity index (χ1v) is 6.62. The van der Waals surface area contributed by atoms with Crippen molar-refractivity contribution in [3.05, 3.63) is 11.3 Å². The van der Waals surface area contributed by atoms with E-state index in [2.05, 4.69) is 5.16 Å². The van der Waals surface area contributed by atoms with Crippen molar-refractivity contribution in [2.45, 2.75) is 57.5 Å². The van der Waals surface area contributed by atoms with Gasteiger partial charge in [0.25, 0.3) is 0 Å². The van der Waals surface area contributed by atoms with Crippen LogP contribution in [0.1, 0.15) is 62.7 Å². The Kier molecular flexibility index (Phi) is 3.78. The van der Waals surface area contributed by atoms with Gasteiger partial charge in [0, 0.05) is 11.5 Å². The Morgan fingerprint density at radius 3 is 2.26 bits per heavy atom. The van der Waals surface area contributed by atoms with Gasteiger partial charge >= 0.3 is 6.18 Å². The highest BCUT2D eigenvalue weighted by molar-refractivity contribution is 5.44. The van der Waals surface area contributed by atoms with Gasteiger partial charge in [0.2, 0.25) is 0 Å². The highest BCUT2D eigenvalue weighted by atomic mass is 19.4. The number of aromatic nitrogens is 1. The third-order valence-electron chi connectivity index (χ3n) is 3.92. The molecule has 1 aliphatic rings. The van der Waals surface area contributed by atoms with E-state index in [1.54, 1.807) is 0 Å². The van der Waals surface area contributed by atoms with Crippen molar-refractivity contribution in [2.75, 3.05) is 5.73 Å². The van der Waals surface area contributed by atoms with Gasteiger partial charge in [-0.2, -0.15) is 13.2 Å². The second-order valence-electron chi connectivity index (χ2n) is 5.59. The lowest BCUT2D eigenvalue weighted by Crippen LogP contribution is -2.27. The van der Waals surface area contributed by atoms with Gasteiger partial charge < -0.3 is 10.3 Å². The third kappa shape index (κ3) is 2.87. The van der Waals surface area contributed by atoms with E-state index in [1.165, 1.54) is 0 Å². The maximum absolute atomic E-state index is 12.6. The van der Waals surface area contributed by atoms with Gasteiger partial charge in [0.1, 0.15) is 5.76 Å². The molecular formula is C13H19F3N2O. The third-order valence-corrected chi connectivity index (χ3v) is 3.92. The summed E-state index contributed by atoms with van der Waals surface area (Å²) >= 11 is 0. The molecule has 1 aromatic heterocycles. The summed E-state index contributed by atoms with van der Waals surface area (Å²) in [5.41, 5.74) is 6.62. The van der Waals surface area contributed by atoms with Crippen LogP contribution in [0.5, 0.6) is 0 Å². The van der Waals surface area contributed by atoms with Gasteiger partial charge in [-0.3, -0.25) is 0 Å². The molecule has 0 bridgehead atoms. The monoisotopic (exact) mass is 276 g/mol. The molecule has 0 atom stereocenters. The Hall–Kier alpha value is -1.20. The molecule has 19 heavy (non-hydrogen) atoms. The first kappa shape index (κ1) is 14.2. The number of nitrogen functional groups attached to an aromatic ring is 1. The van der Waals surface area contributed by atoms with Gasteiger partial charge in [-0.05, 0) is 31.6 Å². The highest BCUT2D eigenvalue weighted by Gasteiger charge is 2.42. The van der Waals surface area contributed by atoms with E-state index in [-0.39, 0.29) is 24.7 Å². The molecule has 2 N–H and O–H groups in total. The Labute approximate surface area is 110 Å². The summed E-state index contributed by atoms with van der Waals surface area (Å²) in [4.78, 5) is 0. The van der Waals surface area contributed by atoms with Crippen molar-refractivity contribution in [3.8, 4) is 0 Å². The largest absolute Gasteiger partial charge is 0.391 e. The Morgan fingerprint density at radius 2 is 1.79 bits per heavy atom. The second-order valence-corrected chi connectivity index (χ2v) is 5.59. The zero-order chi connectivity index (χ0) is 14.2. The zero-order valence-corrected chi connectivity index (χ0v) is 11.1. The number of nitrogens with two attached hydrogens (primary N) is 1. The van der Waals surface area contributed by atoms with Crippen molar-refractivity contribution in [1.82, 2.24) is 5.16 Å². The van der Waals surface area contributed by atoms with Crippen molar-refractivity contribution in [1.29, 1.82) is 0 Å². The van der Waals surface area contributed by atoms with Crippen LogP contribution in [0.3, 0.4) is 0 Å². The molecule has 108 valence electrons. The zero-order valence-electron chi connectivity index (χ0n) is 11.1. The van der Waals surface area contributed by atoms with Crippen LogP contribution in [0.25, 0.3) is 0 Å². The van der Waals surface area contributed by atoms with E-state index < -0.39 is 12.1 Å². The quantitative estimate of drug-likeness (QED) is 0.880. The van der Waals surface area contributed by atoms with Crippen LogP contribution in [0.2, 0.25) is 0 Å². The van der Waals surface area contributed by atoms with Crippen LogP contribution in [-0.2, 0) is 0 Å². The fourth-order valence-corrected chi connectivity index (χ4v) is 2.88. The lowest BCUT2D eigenvalue weighted by Gasteiger charge is -2.29. The Bertz CT molecular complexity index is 432. The summed E-state index contributed by atoms with van der Waals surface area (Å²) in [5, 5.41) is 3.76. The molecule has 0 aromatic carbocycles. The van der Waals surface area contributed by atoms with Gasteiger partial charge in [-0.1, -0.05) is 19.0 Å². The van der Waals surface area contributed by atoms with Crippen molar-refractivity contribution < 1.29 is 17.7 Å². The average Bonchev–Trinajstić information content (AvgIpc) is 2.70. The maximum Gasteiger partial charge on any atom is 0.391 e. The fourth-order valence-electron chi connectivity index (χ4n) is 2.88. The van der Waals surface area contributed by atoms with E-state index in [1.807, 2.05) is 13.8 Å². The molecule has 0 radical (unpaired) electrons. The summed E-state index contributed by atoms with van der Waals surface area (Å²) < 4.78 is 43.1. The molecule has 0 aliphatic heterocycles. The van der Waals surface area contributed by atoms with E-state index in [0.717, 1.165) is 5.56 Å². The molecule has 1 aromatic rings. The van der Waals surface area contributed by atoms with Crippen LogP contribution >= 0.6 is 0 Å². The van der Waals surface area contributed by atoms with Gasteiger partial charge in [0.05, 0.1) is 5.92 Å². The van der Waals surface area contributed by atoms with Gasteiger partial charge in [-0.15, -0.1) is 0 Å². The maximum atomic E-state index is 12.6. The predicted octanol–water partition coefficient (Wildman–Crippen LogP) is 4.22. The van der Waals surface area contributed by atoms with Crippen LogP contribution in [0.4, 0.5) is 19.0 Å². The summed E-state index contributed by atoms with van der Waals surface area (Å²) in [5.74, 6) is 0.0602. The van der Waals surface area contributed by atoms with Crippen LogP contribution in [0.15, 0.2) is 4.52 Å². The number of halogens is 3. The molecule has 1 fully saturated rings. The molecular weight excluding hydrogens is 257 g/mol. The Balaban J connectivity index is 2.10. The normalized spacial score (nSPS) is 24.9. The summed E-state index contributed by atoms with van der Waals surface area (Å²) in [6.07, 6.45) is -2.79. The summed E-state index contributed by atoms with van der Waals surface area (Å²) in [6, 6.07) is 0. The minimum atomic E-state index is -4.08. The molecule has 3 nitrogen and oxygen atoms in total. The molecule has 1 heterocycles. The van der Waals surface area contributed by atoms with Crippen molar-refractivity contribution in [2.24, 2.45) is 5.92 Å². The molecule has 0 unspecified atom stereocenters. The van der Waals surface area contributed by atoms with E-state index in [9.17, 15) is 13.2 Å². The number of rotatable bonds is 2. The number of anilines is 1. The Morgan fingerprint density at radius 1 is 1.21 bits per heavy atom. The standard InChI is InChI=1S/C13H19F3N2O/c1-7(2)10-11(19-18-12(10)17)8-3-5-9(6-4-8)13(14,15)16/h7-9H,3-6H2,1-2H3,(H2,17,18). The molecule has 1 saturated carbocycles. The molecule has 6 heteroatoms. The summed E-state index contributed by atoms with van der Waals surface area (Å²) in [6.45, 7) is 3.96. The number of alkyl halides is 3. The number of nitrogens with zero attached hydrogens (tertiary/aromatic N) is 1. The molecule has 2 rings (SSSR count). The van der Waals surface area contributed by atoms with E-state index in [0.29, 0.717) is 24.4 Å². The van der Waals surface area contributed by atoms with Gasteiger partial charge in [-0.25, -0.2) is 0 Å². The number of hydrogen-bond donors (Lipinski definition) is 1. The van der Waals surface area contributed by atoms with Crippen LogP contribution in [-0.4, -0.2) is 11.3 Å². The minimum Gasteiger partial charge on any atom is -0.381 e. The van der Waals surface area contributed by atoms with Crippen molar-refractivity contribution in [3.63, 3.8) is 0 Å². The van der Waals surface area contributed by atoms with E-state index >= 15 is 0 Å². The average molecular weight is 276 g/mol. The van der Waals surface area contributed by atoms with Crippen molar-refractivity contribution >= 4 is 5.82 Å². The van der Waals surface area contributed by atoms with Crippen LogP contribution < -0.4 is 5.73 Å². The second kappa shape index (κ2) is 5.06. The lowest BCUT2D eigenvalue weighted by atomic mass is 9.79. The topological polar surface area (TPSA) is 52.0 Å². The number of hydrogen-bond acceptors (Lipinski definition) is 3. The first-order chi connectivity index (χ1) is 8.80. The van der Waals surface area contributed by atoms with Crippen LogP contribution in [0, 0.1) is 5.92 Å². The minimum absolute atomic E-state index is 0.0146. The summed E-state index contributed by atoms with van der Waals surface area (Å²) in [7, 11) is 0. The highest BCUT2D eigenvalue weighted by Crippen LogP contribution is 2.45.